The van der Waals surface area contributed by atoms with E-state index < -0.39 is 10.0 Å². The summed E-state index contributed by atoms with van der Waals surface area (Å²) in [5.74, 6) is -0.236. The molecule has 1 heterocycles. The number of nitrogens with one attached hydrogen (secondary N) is 2. The first-order valence-electron chi connectivity index (χ1n) is 9.46. The van der Waals surface area contributed by atoms with Crippen molar-refractivity contribution < 1.29 is 13.2 Å². The van der Waals surface area contributed by atoms with Crippen LogP contribution in [0.15, 0.2) is 57.9 Å². The number of aromatic amines is 1. The Kier molecular flexibility index (Phi) is 6.45. The van der Waals surface area contributed by atoms with Crippen LogP contribution < -0.4 is 5.32 Å². The molecule has 1 aromatic heterocycles. The molecule has 2 N–H and O–H groups in total. The molecule has 0 aliphatic rings. The van der Waals surface area contributed by atoms with Crippen molar-refractivity contribution in [2.24, 2.45) is 0 Å². The van der Waals surface area contributed by atoms with Crippen LogP contribution in [0.1, 0.15) is 42.9 Å². The fourth-order valence-corrected chi connectivity index (χ4v) is 5.34. The maximum Gasteiger partial charge on any atom is 0.269 e. The lowest BCUT2D eigenvalue weighted by Crippen LogP contribution is -2.30. The Bertz CT molecular complexity index is 1120. The summed E-state index contributed by atoms with van der Waals surface area (Å²) in [6, 6.07) is 14.0. The first-order chi connectivity index (χ1) is 13.8. The fourth-order valence-electron chi connectivity index (χ4n) is 3.26. The Morgan fingerprint density at radius 2 is 1.72 bits per heavy atom. The summed E-state index contributed by atoms with van der Waals surface area (Å²) in [6.07, 6.45) is 0. The van der Waals surface area contributed by atoms with E-state index in [0.29, 0.717) is 18.8 Å². The molecule has 1 amide bonds. The Hall–Kier alpha value is -2.16. The van der Waals surface area contributed by atoms with Crippen molar-refractivity contribution in [1.82, 2.24) is 14.6 Å². The zero-order chi connectivity index (χ0) is 21.2. The van der Waals surface area contributed by atoms with Gasteiger partial charge in [0, 0.05) is 24.0 Å². The number of carbonyl (C=O) groups is 1. The number of aromatic nitrogens is 1. The van der Waals surface area contributed by atoms with Crippen LogP contribution in [0.5, 0.6) is 0 Å². The molecule has 0 saturated carbocycles. The molecule has 0 saturated heterocycles. The summed E-state index contributed by atoms with van der Waals surface area (Å²) < 4.78 is 27.4. The van der Waals surface area contributed by atoms with E-state index in [1.54, 1.807) is 24.3 Å². The van der Waals surface area contributed by atoms with Crippen molar-refractivity contribution in [1.29, 1.82) is 0 Å². The van der Waals surface area contributed by atoms with Gasteiger partial charge in [0.25, 0.3) is 5.91 Å². The lowest BCUT2D eigenvalue weighted by atomic mass is 10.1. The van der Waals surface area contributed by atoms with Gasteiger partial charge in [-0.1, -0.05) is 44.2 Å². The number of fused-ring (bicyclic) bond motifs is 1. The van der Waals surface area contributed by atoms with E-state index in [1.165, 1.54) is 4.31 Å². The van der Waals surface area contributed by atoms with Gasteiger partial charge >= 0.3 is 0 Å². The zero-order valence-electron chi connectivity index (χ0n) is 16.6. The number of sulfonamides is 1. The quantitative estimate of drug-likeness (QED) is 0.527. The summed E-state index contributed by atoms with van der Waals surface area (Å²) in [5, 5.41) is 3.90. The summed E-state index contributed by atoms with van der Waals surface area (Å²) >= 11 is 3.49. The van der Waals surface area contributed by atoms with Crippen molar-refractivity contribution in [2.75, 3.05) is 13.1 Å². The van der Waals surface area contributed by atoms with Crippen molar-refractivity contribution in [3.63, 3.8) is 0 Å². The van der Waals surface area contributed by atoms with E-state index in [2.05, 4.69) is 26.2 Å². The Morgan fingerprint density at radius 1 is 1.10 bits per heavy atom. The molecule has 0 spiro atoms. The van der Waals surface area contributed by atoms with E-state index >= 15 is 0 Å². The predicted molar refractivity (Wildman–Crippen MR) is 118 cm³/mol. The van der Waals surface area contributed by atoms with Crippen molar-refractivity contribution in [2.45, 2.75) is 31.7 Å². The first kappa shape index (κ1) is 21.5. The minimum absolute atomic E-state index is 0.236. The third-order valence-electron chi connectivity index (χ3n) is 4.94. The molecule has 2 aromatic carbocycles. The van der Waals surface area contributed by atoms with Gasteiger partial charge in [-0.25, -0.2) is 8.42 Å². The lowest BCUT2D eigenvalue weighted by molar-refractivity contribution is 0.0935. The number of hydrogen-bond donors (Lipinski definition) is 2. The first-order valence-corrected chi connectivity index (χ1v) is 11.7. The van der Waals surface area contributed by atoms with Gasteiger partial charge < -0.3 is 10.3 Å². The standard InChI is InChI=1S/C21H24BrN3O3S/c1-4-25(5-2)29(27,28)16-12-10-15(11-13-16)14(3)23-21(26)20-19(22)17-8-6-7-9-18(17)24-20/h6-14,24H,4-5H2,1-3H3,(H,23,26). The summed E-state index contributed by atoms with van der Waals surface area (Å²) in [4.78, 5) is 16.1. The zero-order valence-corrected chi connectivity index (χ0v) is 19.0. The van der Waals surface area contributed by atoms with Crippen LogP contribution in [0.4, 0.5) is 0 Å². The smallest absolute Gasteiger partial charge is 0.269 e. The Balaban J connectivity index is 1.77. The van der Waals surface area contributed by atoms with Gasteiger partial charge in [0.2, 0.25) is 10.0 Å². The van der Waals surface area contributed by atoms with Crippen molar-refractivity contribution in [3.8, 4) is 0 Å². The molecule has 0 bridgehead atoms. The van der Waals surface area contributed by atoms with Gasteiger partial charge in [-0.3, -0.25) is 4.79 Å². The second kappa shape index (κ2) is 8.69. The van der Waals surface area contributed by atoms with E-state index in [4.69, 9.17) is 0 Å². The lowest BCUT2D eigenvalue weighted by Gasteiger charge is -2.19. The largest absolute Gasteiger partial charge is 0.350 e. The number of benzene rings is 2. The van der Waals surface area contributed by atoms with E-state index in [9.17, 15) is 13.2 Å². The maximum absolute atomic E-state index is 12.7. The highest BCUT2D eigenvalue weighted by Crippen LogP contribution is 2.28. The van der Waals surface area contributed by atoms with Gasteiger partial charge in [0.15, 0.2) is 0 Å². The SMILES string of the molecule is CCN(CC)S(=O)(=O)c1ccc(C(C)NC(=O)c2[nH]c3ccccc3c2Br)cc1. The number of para-hydroxylation sites is 1. The summed E-state index contributed by atoms with van der Waals surface area (Å²) in [5.41, 5.74) is 2.16. The molecule has 3 aromatic rings. The molecule has 154 valence electrons. The molecular weight excluding hydrogens is 454 g/mol. The summed E-state index contributed by atoms with van der Waals surface area (Å²) in [7, 11) is -3.50. The second-order valence-electron chi connectivity index (χ2n) is 6.71. The Labute approximate surface area is 179 Å². The van der Waals surface area contributed by atoms with Crippen LogP contribution in [0.25, 0.3) is 10.9 Å². The van der Waals surface area contributed by atoms with Crippen LogP contribution in [0.3, 0.4) is 0 Å². The van der Waals surface area contributed by atoms with Gasteiger partial charge in [0.1, 0.15) is 5.69 Å². The molecule has 0 aliphatic heterocycles. The molecule has 0 radical (unpaired) electrons. The number of amides is 1. The normalized spacial score (nSPS) is 13.0. The second-order valence-corrected chi connectivity index (χ2v) is 9.44. The van der Waals surface area contributed by atoms with Gasteiger partial charge in [-0.05, 0) is 46.6 Å². The average Bonchev–Trinajstić information content (AvgIpc) is 3.06. The van der Waals surface area contributed by atoms with Crippen LogP contribution >= 0.6 is 15.9 Å². The van der Waals surface area contributed by atoms with Gasteiger partial charge in [0.05, 0.1) is 15.4 Å². The number of hydrogen-bond acceptors (Lipinski definition) is 3. The highest BCUT2D eigenvalue weighted by Gasteiger charge is 2.22. The number of H-pyrrole nitrogens is 1. The topological polar surface area (TPSA) is 82.3 Å². The van der Waals surface area contributed by atoms with Crippen molar-refractivity contribution in [3.05, 3.63) is 64.3 Å². The van der Waals surface area contributed by atoms with Crippen LogP contribution in [0, 0.1) is 0 Å². The Morgan fingerprint density at radius 3 is 2.31 bits per heavy atom. The molecule has 8 heteroatoms. The van der Waals surface area contributed by atoms with E-state index in [1.807, 2.05) is 45.0 Å². The number of rotatable bonds is 7. The number of nitrogens with zero attached hydrogens (tertiary/aromatic N) is 1. The molecule has 1 unspecified atom stereocenters. The predicted octanol–water partition coefficient (Wildman–Crippen LogP) is 4.45. The molecule has 3 rings (SSSR count). The maximum atomic E-state index is 12.7. The van der Waals surface area contributed by atoms with Crippen LogP contribution in [-0.4, -0.2) is 36.7 Å². The third kappa shape index (κ3) is 4.24. The molecule has 6 nitrogen and oxygen atoms in total. The number of carbonyl (C=O) groups excluding carboxylic acids is 1. The highest BCUT2D eigenvalue weighted by molar-refractivity contribution is 9.10. The minimum Gasteiger partial charge on any atom is -0.350 e. The average molecular weight is 478 g/mol. The highest BCUT2D eigenvalue weighted by atomic mass is 79.9. The van der Waals surface area contributed by atoms with E-state index in [-0.39, 0.29) is 16.8 Å². The van der Waals surface area contributed by atoms with Gasteiger partial charge in [-0.2, -0.15) is 4.31 Å². The molecule has 0 aliphatic carbocycles. The van der Waals surface area contributed by atoms with E-state index in [0.717, 1.165) is 20.9 Å². The van der Waals surface area contributed by atoms with Gasteiger partial charge in [-0.15, -0.1) is 0 Å². The van der Waals surface area contributed by atoms with Crippen LogP contribution in [0.2, 0.25) is 0 Å². The monoisotopic (exact) mass is 477 g/mol. The summed E-state index contributed by atoms with van der Waals surface area (Å²) in [6.45, 7) is 6.34. The van der Waals surface area contributed by atoms with Crippen molar-refractivity contribution >= 4 is 42.8 Å². The molecule has 1 atom stereocenters. The number of halogens is 1. The minimum atomic E-state index is -3.50. The molecular formula is C21H24BrN3O3S. The molecule has 29 heavy (non-hydrogen) atoms. The fraction of sp³-hybridized carbons (Fsp3) is 0.286. The molecule has 0 fully saturated rings. The third-order valence-corrected chi connectivity index (χ3v) is 7.83. The van der Waals surface area contributed by atoms with Crippen LogP contribution in [-0.2, 0) is 10.0 Å².